The van der Waals surface area contributed by atoms with Crippen LogP contribution in [0.15, 0.2) is 16.7 Å². The summed E-state index contributed by atoms with van der Waals surface area (Å²) >= 11 is 3.06. The highest BCUT2D eigenvalue weighted by Gasteiger charge is 2.13. The average molecular weight is 261 g/mol. The van der Waals surface area contributed by atoms with E-state index in [0.717, 1.165) is 0 Å². The molecule has 0 unspecified atom stereocenters. The summed E-state index contributed by atoms with van der Waals surface area (Å²) in [5.41, 5.74) is -0.179. The van der Waals surface area contributed by atoms with Crippen LogP contribution in [0.5, 0.6) is 0 Å². The van der Waals surface area contributed by atoms with E-state index in [-0.39, 0.29) is 11.7 Å². The first-order chi connectivity index (χ1) is 6.50. The molecule has 76 valence electrons. The molecular weight excluding hydrogens is 251 g/mol. The molecule has 0 aliphatic heterocycles. The zero-order valence-corrected chi connectivity index (χ0v) is 9.43. The normalized spacial score (nSPS) is 10.4. The Morgan fingerprint density at radius 2 is 2.29 bits per heavy atom. The topological polar surface area (TPSA) is 42.0 Å². The first-order valence-corrected chi connectivity index (χ1v) is 4.92. The largest absolute Gasteiger partial charge is 0.348 e. The molecule has 0 spiro atoms. The molecular formula is C9H10BrFN2O. The van der Waals surface area contributed by atoms with Crippen LogP contribution in [0.25, 0.3) is 0 Å². The van der Waals surface area contributed by atoms with Crippen molar-refractivity contribution in [3.63, 3.8) is 0 Å². The number of carbonyl (C=O) groups excluding carboxylic acids is 1. The van der Waals surface area contributed by atoms with Crippen LogP contribution in [0.2, 0.25) is 0 Å². The first-order valence-electron chi connectivity index (χ1n) is 4.12. The minimum Gasteiger partial charge on any atom is -0.348 e. The maximum atomic E-state index is 13.2. The van der Waals surface area contributed by atoms with Crippen LogP contribution in [0.3, 0.4) is 0 Å². The lowest BCUT2D eigenvalue weighted by atomic mass is 10.3. The maximum absolute atomic E-state index is 13.2. The van der Waals surface area contributed by atoms with Gasteiger partial charge in [-0.3, -0.25) is 4.79 Å². The fourth-order valence-electron chi connectivity index (χ4n) is 0.912. The van der Waals surface area contributed by atoms with Crippen molar-refractivity contribution in [3.8, 4) is 0 Å². The molecule has 0 radical (unpaired) electrons. The second kappa shape index (κ2) is 4.50. The van der Waals surface area contributed by atoms with E-state index in [4.69, 9.17) is 0 Å². The molecule has 0 aliphatic rings. The van der Waals surface area contributed by atoms with E-state index in [9.17, 15) is 9.18 Å². The van der Waals surface area contributed by atoms with Gasteiger partial charge in [0, 0.05) is 16.7 Å². The van der Waals surface area contributed by atoms with Crippen LogP contribution in [0.1, 0.15) is 24.3 Å². The van der Waals surface area contributed by atoms with Gasteiger partial charge in [0.25, 0.3) is 5.91 Å². The summed E-state index contributed by atoms with van der Waals surface area (Å²) in [5, 5.41) is 2.56. The number of aromatic nitrogens is 1. The predicted octanol–water partition coefficient (Wildman–Crippen LogP) is 2.12. The minimum absolute atomic E-state index is 0.0349. The smallest absolute Gasteiger partial charge is 0.273 e. The van der Waals surface area contributed by atoms with Crippen molar-refractivity contribution in [3.05, 3.63) is 28.2 Å². The number of pyridine rings is 1. The molecule has 14 heavy (non-hydrogen) atoms. The molecule has 0 aliphatic carbocycles. The number of amides is 1. The Balaban J connectivity index is 2.90. The monoisotopic (exact) mass is 260 g/mol. The van der Waals surface area contributed by atoms with Gasteiger partial charge in [-0.05, 0) is 35.8 Å². The molecule has 1 N–H and O–H groups in total. The number of hydrogen-bond acceptors (Lipinski definition) is 2. The molecule has 0 atom stereocenters. The molecule has 5 heteroatoms. The lowest BCUT2D eigenvalue weighted by Crippen LogP contribution is -2.31. The van der Waals surface area contributed by atoms with E-state index in [2.05, 4.69) is 26.2 Å². The highest BCUT2D eigenvalue weighted by molar-refractivity contribution is 9.10. The van der Waals surface area contributed by atoms with Crippen LogP contribution in [-0.4, -0.2) is 16.9 Å². The summed E-state index contributed by atoms with van der Waals surface area (Å²) in [6, 6.07) is 1.18. The van der Waals surface area contributed by atoms with Crippen molar-refractivity contribution < 1.29 is 9.18 Å². The second-order valence-electron chi connectivity index (χ2n) is 3.11. The molecule has 0 aromatic carbocycles. The van der Waals surface area contributed by atoms with Gasteiger partial charge < -0.3 is 5.32 Å². The van der Waals surface area contributed by atoms with Gasteiger partial charge in [-0.2, -0.15) is 0 Å². The summed E-state index contributed by atoms with van der Waals surface area (Å²) in [4.78, 5) is 15.1. The van der Waals surface area contributed by atoms with Crippen molar-refractivity contribution in [2.45, 2.75) is 19.9 Å². The van der Waals surface area contributed by atoms with Gasteiger partial charge in [0.2, 0.25) is 0 Å². The predicted molar refractivity (Wildman–Crippen MR) is 54.5 cm³/mol. The Labute approximate surface area is 89.9 Å². The zero-order chi connectivity index (χ0) is 10.7. The summed E-state index contributed by atoms with van der Waals surface area (Å²) in [6.07, 6.45) is 1.39. The Morgan fingerprint density at radius 3 is 2.79 bits per heavy atom. The molecule has 1 rings (SSSR count). The van der Waals surface area contributed by atoms with Crippen LogP contribution < -0.4 is 5.32 Å². The summed E-state index contributed by atoms with van der Waals surface area (Å²) < 4.78 is 13.7. The quantitative estimate of drug-likeness (QED) is 0.885. The Kier molecular flexibility index (Phi) is 3.57. The average Bonchev–Trinajstić information content (AvgIpc) is 2.01. The number of rotatable bonds is 2. The second-order valence-corrected chi connectivity index (χ2v) is 4.03. The van der Waals surface area contributed by atoms with Gasteiger partial charge in [-0.25, -0.2) is 9.37 Å². The molecule has 1 aromatic rings. The van der Waals surface area contributed by atoms with Crippen molar-refractivity contribution >= 4 is 21.8 Å². The third-order valence-electron chi connectivity index (χ3n) is 1.44. The van der Waals surface area contributed by atoms with E-state index < -0.39 is 11.7 Å². The number of nitrogens with zero attached hydrogens (tertiary/aromatic N) is 1. The van der Waals surface area contributed by atoms with Crippen molar-refractivity contribution in [1.29, 1.82) is 0 Å². The van der Waals surface area contributed by atoms with Crippen LogP contribution >= 0.6 is 15.9 Å². The number of hydrogen-bond donors (Lipinski definition) is 1. The van der Waals surface area contributed by atoms with E-state index >= 15 is 0 Å². The molecule has 0 bridgehead atoms. The Morgan fingerprint density at radius 1 is 1.64 bits per heavy atom. The molecule has 3 nitrogen and oxygen atoms in total. The van der Waals surface area contributed by atoms with Crippen LogP contribution in [0.4, 0.5) is 4.39 Å². The van der Waals surface area contributed by atoms with Gasteiger partial charge >= 0.3 is 0 Å². The van der Waals surface area contributed by atoms with Crippen molar-refractivity contribution in [2.24, 2.45) is 0 Å². The van der Waals surface area contributed by atoms with Gasteiger partial charge in [0.05, 0.1) is 0 Å². The third kappa shape index (κ3) is 2.77. The van der Waals surface area contributed by atoms with E-state index in [1.807, 2.05) is 0 Å². The number of halogens is 2. The molecule has 1 heterocycles. The maximum Gasteiger partial charge on any atom is 0.273 e. The zero-order valence-electron chi connectivity index (χ0n) is 7.84. The fourth-order valence-corrected chi connectivity index (χ4v) is 1.22. The SMILES string of the molecule is CC(C)NC(=O)c1ncc(Br)cc1F. The van der Waals surface area contributed by atoms with Gasteiger partial charge in [-0.1, -0.05) is 0 Å². The van der Waals surface area contributed by atoms with Crippen molar-refractivity contribution in [1.82, 2.24) is 10.3 Å². The van der Waals surface area contributed by atoms with Gasteiger partial charge in [0.15, 0.2) is 11.5 Å². The van der Waals surface area contributed by atoms with E-state index in [1.165, 1.54) is 12.3 Å². The minimum atomic E-state index is -0.627. The third-order valence-corrected chi connectivity index (χ3v) is 1.88. The Hall–Kier alpha value is -0.970. The highest BCUT2D eigenvalue weighted by Crippen LogP contribution is 2.12. The molecule has 1 aromatic heterocycles. The lowest BCUT2D eigenvalue weighted by Gasteiger charge is -2.07. The highest BCUT2D eigenvalue weighted by atomic mass is 79.9. The van der Waals surface area contributed by atoms with Gasteiger partial charge in [-0.15, -0.1) is 0 Å². The standard InChI is InChI=1S/C9H10BrFN2O/c1-5(2)13-9(14)8-7(11)3-6(10)4-12-8/h3-5H,1-2H3,(H,13,14). The van der Waals surface area contributed by atoms with Crippen LogP contribution in [-0.2, 0) is 0 Å². The molecule has 1 amide bonds. The van der Waals surface area contributed by atoms with Gasteiger partial charge in [0.1, 0.15) is 0 Å². The molecule has 0 saturated heterocycles. The van der Waals surface area contributed by atoms with Crippen molar-refractivity contribution in [2.75, 3.05) is 0 Å². The lowest BCUT2D eigenvalue weighted by molar-refractivity contribution is 0.0933. The molecule has 0 saturated carbocycles. The number of carbonyl (C=O) groups is 1. The summed E-state index contributed by atoms with van der Waals surface area (Å²) in [7, 11) is 0. The Bertz CT molecular complexity index is 355. The summed E-state index contributed by atoms with van der Waals surface area (Å²) in [5.74, 6) is -1.12. The fraction of sp³-hybridized carbons (Fsp3) is 0.333. The van der Waals surface area contributed by atoms with E-state index in [0.29, 0.717) is 4.47 Å². The number of nitrogens with one attached hydrogen (secondary N) is 1. The van der Waals surface area contributed by atoms with Crippen LogP contribution in [0, 0.1) is 5.82 Å². The first kappa shape index (κ1) is 11.1. The summed E-state index contributed by atoms with van der Waals surface area (Å²) in [6.45, 7) is 3.60. The van der Waals surface area contributed by atoms with E-state index in [1.54, 1.807) is 13.8 Å². The molecule has 0 fully saturated rings.